The lowest BCUT2D eigenvalue weighted by atomic mass is 10.3. The van der Waals surface area contributed by atoms with Gasteiger partial charge in [-0.2, -0.15) is 0 Å². The number of benzene rings is 1. The van der Waals surface area contributed by atoms with Crippen molar-refractivity contribution in [2.24, 2.45) is 0 Å². The zero-order chi connectivity index (χ0) is 11.0. The number of hydrogen-bond acceptors (Lipinski definition) is 3. The summed E-state index contributed by atoms with van der Waals surface area (Å²) in [7, 11) is 0. The molecule has 1 aromatic carbocycles. The molecule has 0 amide bonds. The van der Waals surface area contributed by atoms with Gasteiger partial charge >= 0.3 is 0 Å². The van der Waals surface area contributed by atoms with E-state index in [1.165, 1.54) is 0 Å². The van der Waals surface area contributed by atoms with Crippen LogP contribution in [0.3, 0.4) is 0 Å². The van der Waals surface area contributed by atoms with E-state index in [4.69, 9.17) is 0 Å². The van der Waals surface area contributed by atoms with Gasteiger partial charge in [-0.1, -0.05) is 12.1 Å². The summed E-state index contributed by atoms with van der Waals surface area (Å²) in [5, 5.41) is 0. The lowest BCUT2D eigenvalue weighted by Crippen LogP contribution is -2.15. The molecule has 1 N–H and O–H groups in total. The number of aromatic nitrogens is 4. The van der Waals surface area contributed by atoms with Crippen LogP contribution in [0, 0.1) is 0 Å². The largest absolute Gasteiger partial charge is 0.317 e. The van der Waals surface area contributed by atoms with Gasteiger partial charge in [0.1, 0.15) is 6.33 Å². The molecule has 0 radical (unpaired) electrons. The van der Waals surface area contributed by atoms with Crippen molar-refractivity contribution in [1.29, 1.82) is 0 Å². The summed E-state index contributed by atoms with van der Waals surface area (Å²) in [6.45, 7) is 0. The van der Waals surface area contributed by atoms with Crippen LogP contribution in [0.4, 0.5) is 0 Å². The molecule has 2 aromatic heterocycles. The third-order valence-corrected chi connectivity index (χ3v) is 2.33. The van der Waals surface area contributed by atoms with Gasteiger partial charge in [-0.05, 0) is 12.1 Å². The second-order valence-corrected chi connectivity index (χ2v) is 3.38. The van der Waals surface area contributed by atoms with Gasteiger partial charge in [0.15, 0.2) is 0 Å². The van der Waals surface area contributed by atoms with E-state index in [1.54, 1.807) is 23.3 Å². The summed E-state index contributed by atoms with van der Waals surface area (Å²) >= 11 is 0. The molecule has 0 saturated carbocycles. The standard InChI is InChI=1S/C11H8N4O/c16-11-10(15-6-5-12-7-15)13-8-3-1-2-4-9(8)14-11/h1-7H,(H,14,16). The van der Waals surface area contributed by atoms with Crippen LogP contribution in [0.2, 0.25) is 0 Å². The molecule has 0 aliphatic rings. The molecule has 78 valence electrons. The minimum atomic E-state index is -0.225. The number of nitrogens with one attached hydrogen (secondary N) is 1. The molecule has 3 rings (SSSR count). The van der Waals surface area contributed by atoms with Crippen molar-refractivity contribution in [2.75, 3.05) is 0 Å². The van der Waals surface area contributed by atoms with Crippen LogP contribution in [0.25, 0.3) is 16.9 Å². The molecule has 2 heterocycles. The average Bonchev–Trinajstić information content (AvgIpc) is 2.81. The first-order valence-electron chi connectivity index (χ1n) is 4.82. The maximum atomic E-state index is 11.8. The van der Waals surface area contributed by atoms with E-state index in [-0.39, 0.29) is 5.56 Å². The molecule has 0 unspecified atom stereocenters. The van der Waals surface area contributed by atoms with E-state index in [0.29, 0.717) is 5.82 Å². The van der Waals surface area contributed by atoms with Crippen molar-refractivity contribution >= 4 is 11.0 Å². The van der Waals surface area contributed by atoms with Crippen LogP contribution in [-0.4, -0.2) is 19.5 Å². The average molecular weight is 212 g/mol. The van der Waals surface area contributed by atoms with Crippen LogP contribution >= 0.6 is 0 Å². The Bertz CT molecular complexity index is 685. The zero-order valence-corrected chi connectivity index (χ0v) is 8.29. The van der Waals surface area contributed by atoms with Crippen LogP contribution < -0.4 is 5.56 Å². The Morgan fingerprint density at radius 1 is 1.25 bits per heavy atom. The number of nitrogens with zero attached hydrogens (tertiary/aromatic N) is 3. The molecule has 0 fully saturated rings. The molecule has 0 spiro atoms. The van der Waals surface area contributed by atoms with Gasteiger partial charge in [0.25, 0.3) is 5.56 Å². The quantitative estimate of drug-likeness (QED) is 0.657. The molecule has 5 nitrogen and oxygen atoms in total. The van der Waals surface area contributed by atoms with Gasteiger partial charge in [0.2, 0.25) is 5.82 Å². The third-order valence-electron chi connectivity index (χ3n) is 2.33. The number of hydrogen-bond donors (Lipinski definition) is 1. The molecular weight excluding hydrogens is 204 g/mol. The fourth-order valence-corrected chi connectivity index (χ4v) is 1.58. The van der Waals surface area contributed by atoms with Crippen LogP contribution in [0.15, 0.2) is 47.8 Å². The lowest BCUT2D eigenvalue weighted by molar-refractivity contribution is 0.967. The fourth-order valence-electron chi connectivity index (χ4n) is 1.58. The summed E-state index contributed by atoms with van der Waals surface area (Å²) in [4.78, 5) is 22.7. The van der Waals surface area contributed by atoms with Crippen LogP contribution in [0.1, 0.15) is 0 Å². The van der Waals surface area contributed by atoms with Gasteiger partial charge in [-0.15, -0.1) is 0 Å². The Morgan fingerprint density at radius 2 is 2.12 bits per heavy atom. The maximum absolute atomic E-state index is 11.8. The SMILES string of the molecule is O=c1[nH]c2ccccc2nc1-n1ccnc1. The molecule has 0 aliphatic heterocycles. The van der Waals surface area contributed by atoms with Crippen molar-refractivity contribution in [2.45, 2.75) is 0 Å². The molecule has 0 saturated heterocycles. The first kappa shape index (κ1) is 8.84. The Hall–Kier alpha value is -2.43. The number of para-hydroxylation sites is 2. The van der Waals surface area contributed by atoms with E-state index in [9.17, 15) is 4.79 Å². The molecule has 0 aliphatic carbocycles. The summed E-state index contributed by atoms with van der Waals surface area (Å²) < 4.78 is 1.59. The van der Waals surface area contributed by atoms with Crippen molar-refractivity contribution < 1.29 is 0 Å². The first-order chi connectivity index (χ1) is 7.84. The number of fused-ring (bicyclic) bond motifs is 1. The van der Waals surface area contributed by atoms with Gasteiger partial charge in [-0.25, -0.2) is 9.97 Å². The van der Waals surface area contributed by atoms with Crippen molar-refractivity contribution in [3.8, 4) is 5.82 Å². The highest BCUT2D eigenvalue weighted by Gasteiger charge is 2.05. The van der Waals surface area contributed by atoms with Crippen molar-refractivity contribution in [3.63, 3.8) is 0 Å². The fraction of sp³-hybridized carbons (Fsp3) is 0. The van der Waals surface area contributed by atoms with Crippen molar-refractivity contribution in [1.82, 2.24) is 19.5 Å². The second-order valence-electron chi connectivity index (χ2n) is 3.38. The Kier molecular flexibility index (Phi) is 1.83. The zero-order valence-electron chi connectivity index (χ0n) is 8.29. The number of H-pyrrole nitrogens is 1. The molecule has 0 atom stereocenters. The predicted molar refractivity (Wildman–Crippen MR) is 59.5 cm³/mol. The smallest absolute Gasteiger partial charge is 0.292 e. The minimum absolute atomic E-state index is 0.225. The molecule has 16 heavy (non-hydrogen) atoms. The summed E-state index contributed by atoms with van der Waals surface area (Å²) in [5.74, 6) is 0.330. The molecule has 3 aromatic rings. The Morgan fingerprint density at radius 3 is 2.94 bits per heavy atom. The van der Waals surface area contributed by atoms with Crippen LogP contribution in [0.5, 0.6) is 0 Å². The topological polar surface area (TPSA) is 63.6 Å². The number of rotatable bonds is 1. The molecule has 5 heteroatoms. The van der Waals surface area contributed by atoms with E-state index in [1.807, 2.05) is 24.3 Å². The third kappa shape index (κ3) is 1.30. The van der Waals surface area contributed by atoms with Gasteiger partial charge in [0, 0.05) is 12.4 Å². The highest BCUT2D eigenvalue weighted by atomic mass is 16.1. The maximum Gasteiger partial charge on any atom is 0.292 e. The van der Waals surface area contributed by atoms with E-state index in [0.717, 1.165) is 11.0 Å². The van der Waals surface area contributed by atoms with E-state index in [2.05, 4.69) is 15.0 Å². The Labute approximate surface area is 90.4 Å². The summed E-state index contributed by atoms with van der Waals surface area (Å²) in [6, 6.07) is 7.41. The predicted octanol–water partition coefficient (Wildman–Crippen LogP) is 1.11. The minimum Gasteiger partial charge on any atom is -0.317 e. The van der Waals surface area contributed by atoms with E-state index < -0.39 is 0 Å². The van der Waals surface area contributed by atoms with Crippen LogP contribution in [-0.2, 0) is 0 Å². The normalized spacial score (nSPS) is 10.8. The van der Waals surface area contributed by atoms with E-state index >= 15 is 0 Å². The van der Waals surface area contributed by atoms with Gasteiger partial charge < -0.3 is 4.98 Å². The lowest BCUT2D eigenvalue weighted by Gasteiger charge is -2.01. The second kappa shape index (κ2) is 3.30. The number of imidazole rings is 1. The Balaban J connectivity index is 2.34. The number of aromatic amines is 1. The summed E-state index contributed by atoms with van der Waals surface area (Å²) in [5.41, 5.74) is 1.26. The monoisotopic (exact) mass is 212 g/mol. The van der Waals surface area contributed by atoms with Crippen molar-refractivity contribution in [3.05, 3.63) is 53.3 Å². The summed E-state index contributed by atoms with van der Waals surface area (Å²) in [6.07, 6.45) is 4.84. The molecule has 0 bridgehead atoms. The molecular formula is C11H8N4O. The van der Waals surface area contributed by atoms with Gasteiger partial charge in [0.05, 0.1) is 11.0 Å². The highest BCUT2D eigenvalue weighted by molar-refractivity contribution is 5.74. The first-order valence-corrected chi connectivity index (χ1v) is 4.82. The highest BCUT2D eigenvalue weighted by Crippen LogP contribution is 2.07. The van der Waals surface area contributed by atoms with Gasteiger partial charge in [-0.3, -0.25) is 9.36 Å².